The average molecular weight is 442 g/mol. The van der Waals surface area contributed by atoms with Gasteiger partial charge in [0.15, 0.2) is 0 Å². The van der Waals surface area contributed by atoms with Gasteiger partial charge < -0.3 is 19.4 Å². The Bertz CT molecular complexity index is 923. The molecule has 0 unspecified atom stereocenters. The standard InChI is InChI=1S/C24H29BClNO4/c1-17-11-19(14-21(26)12-17)13-20(25-30-23(2,3)24(4,5)31-25)15-27-22(28)29-16-18-9-7-6-8-10-18/h6-14H,15-16H2,1-5H3,(H,27,28). The normalized spacial score (nSPS) is 17.5. The third-order valence-electron chi connectivity index (χ3n) is 5.62. The van der Waals surface area contributed by atoms with Crippen LogP contribution in [0.1, 0.15) is 44.4 Å². The van der Waals surface area contributed by atoms with Gasteiger partial charge in [0.1, 0.15) is 6.61 Å². The van der Waals surface area contributed by atoms with Gasteiger partial charge in [-0.05, 0) is 68.9 Å². The third kappa shape index (κ3) is 6.13. The second kappa shape index (κ2) is 9.47. The highest BCUT2D eigenvalue weighted by Crippen LogP contribution is 2.38. The van der Waals surface area contributed by atoms with Crippen LogP contribution < -0.4 is 5.32 Å². The van der Waals surface area contributed by atoms with E-state index in [-0.39, 0.29) is 13.2 Å². The molecule has 0 atom stereocenters. The van der Waals surface area contributed by atoms with Crippen LogP contribution in [-0.4, -0.2) is 31.0 Å². The Morgan fingerprint density at radius 3 is 2.35 bits per heavy atom. The fraction of sp³-hybridized carbons (Fsp3) is 0.375. The van der Waals surface area contributed by atoms with Crippen LogP contribution in [0.25, 0.3) is 6.08 Å². The molecule has 0 aliphatic carbocycles. The second-order valence-electron chi connectivity index (χ2n) is 8.78. The molecule has 1 saturated heterocycles. The highest BCUT2D eigenvalue weighted by atomic mass is 35.5. The number of halogens is 1. The molecular weight excluding hydrogens is 413 g/mol. The van der Waals surface area contributed by atoms with E-state index in [9.17, 15) is 4.79 Å². The van der Waals surface area contributed by atoms with Crippen molar-refractivity contribution < 1.29 is 18.8 Å². The number of ether oxygens (including phenoxy) is 1. The molecule has 0 radical (unpaired) electrons. The van der Waals surface area contributed by atoms with Crippen molar-refractivity contribution >= 4 is 30.9 Å². The minimum Gasteiger partial charge on any atom is -0.445 e. The maximum Gasteiger partial charge on any atom is 0.492 e. The molecule has 1 aliphatic heterocycles. The van der Waals surface area contributed by atoms with E-state index in [0.717, 1.165) is 22.2 Å². The molecule has 1 amide bonds. The van der Waals surface area contributed by atoms with Crippen LogP contribution in [0.5, 0.6) is 0 Å². The number of hydrogen-bond donors (Lipinski definition) is 1. The van der Waals surface area contributed by atoms with Crippen LogP contribution in [0.2, 0.25) is 5.02 Å². The zero-order valence-corrected chi connectivity index (χ0v) is 19.5. The summed E-state index contributed by atoms with van der Waals surface area (Å²) in [6, 6.07) is 15.3. The first-order valence-corrected chi connectivity index (χ1v) is 10.7. The number of alkyl carbamates (subject to hydrolysis) is 1. The van der Waals surface area contributed by atoms with Gasteiger partial charge in [0.25, 0.3) is 0 Å². The number of rotatable bonds is 6. The maximum absolute atomic E-state index is 12.3. The molecule has 1 aliphatic rings. The number of carbonyl (C=O) groups is 1. The maximum atomic E-state index is 12.3. The van der Waals surface area contributed by atoms with Gasteiger partial charge in [0, 0.05) is 11.6 Å². The van der Waals surface area contributed by atoms with E-state index in [1.54, 1.807) is 0 Å². The monoisotopic (exact) mass is 441 g/mol. The summed E-state index contributed by atoms with van der Waals surface area (Å²) in [7, 11) is -0.598. The molecule has 3 rings (SSSR count). The summed E-state index contributed by atoms with van der Waals surface area (Å²) in [5.74, 6) is 0. The summed E-state index contributed by atoms with van der Waals surface area (Å²) in [6.45, 7) is 10.4. The molecule has 0 bridgehead atoms. The molecule has 0 aromatic heterocycles. The zero-order valence-electron chi connectivity index (χ0n) is 18.7. The highest BCUT2D eigenvalue weighted by molar-refractivity contribution is 6.56. The van der Waals surface area contributed by atoms with Gasteiger partial charge in [0.05, 0.1) is 11.2 Å². The molecule has 1 fully saturated rings. The summed E-state index contributed by atoms with van der Waals surface area (Å²) in [4.78, 5) is 12.3. The Labute approximate surface area is 189 Å². The van der Waals surface area contributed by atoms with Crippen molar-refractivity contribution in [2.45, 2.75) is 52.4 Å². The molecule has 2 aromatic carbocycles. The predicted molar refractivity (Wildman–Crippen MR) is 125 cm³/mol. The van der Waals surface area contributed by atoms with E-state index in [2.05, 4.69) is 5.32 Å². The van der Waals surface area contributed by atoms with E-state index in [1.165, 1.54) is 0 Å². The fourth-order valence-corrected chi connectivity index (χ4v) is 3.51. The van der Waals surface area contributed by atoms with Crippen LogP contribution in [0.4, 0.5) is 4.79 Å². The van der Waals surface area contributed by atoms with E-state index in [1.807, 2.05) is 89.2 Å². The van der Waals surface area contributed by atoms with Crippen LogP contribution in [-0.2, 0) is 20.7 Å². The highest BCUT2D eigenvalue weighted by Gasteiger charge is 2.52. The van der Waals surface area contributed by atoms with E-state index in [4.69, 9.17) is 25.6 Å². The van der Waals surface area contributed by atoms with E-state index < -0.39 is 24.4 Å². The second-order valence-corrected chi connectivity index (χ2v) is 9.22. The zero-order chi connectivity index (χ0) is 22.6. The number of nitrogens with one attached hydrogen (secondary N) is 1. The van der Waals surface area contributed by atoms with Gasteiger partial charge in [0.2, 0.25) is 0 Å². The quantitative estimate of drug-likeness (QED) is 0.594. The van der Waals surface area contributed by atoms with Crippen LogP contribution in [0.15, 0.2) is 54.0 Å². The average Bonchev–Trinajstić information content (AvgIpc) is 2.90. The first kappa shape index (κ1) is 23.4. The minimum atomic E-state index is -0.598. The summed E-state index contributed by atoms with van der Waals surface area (Å²) >= 11 is 6.23. The Morgan fingerprint density at radius 2 is 1.74 bits per heavy atom. The van der Waals surface area contributed by atoms with Crippen LogP contribution in [0, 0.1) is 6.92 Å². The van der Waals surface area contributed by atoms with Crippen molar-refractivity contribution in [1.82, 2.24) is 5.32 Å². The fourth-order valence-electron chi connectivity index (χ4n) is 3.21. The van der Waals surface area contributed by atoms with Crippen molar-refractivity contribution in [3.63, 3.8) is 0 Å². The molecule has 1 N–H and O–H groups in total. The lowest BCUT2D eigenvalue weighted by Crippen LogP contribution is -2.41. The smallest absolute Gasteiger partial charge is 0.445 e. The van der Waals surface area contributed by atoms with Crippen molar-refractivity contribution in [1.29, 1.82) is 0 Å². The molecule has 2 aromatic rings. The molecule has 164 valence electrons. The number of hydrogen-bond acceptors (Lipinski definition) is 4. The number of carbonyl (C=O) groups excluding carboxylic acids is 1. The molecule has 7 heteroatoms. The first-order chi connectivity index (χ1) is 14.6. The van der Waals surface area contributed by atoms with Gasteiger partial charge >= 0.3 is 13.2 Å². The summed E-state index contributed by atoms with van der Waals surface area (Å²) in [5, 5.41) is 3.46. The van der Waals surface area contributed by atoms with Crippen molar-refractivity contribution in [3.8, 4) is 0 Å². The summed E-state index contributed by atoms with van der Waals surface area (Å²) < 4.78 is 17.7. The summed E-state index contributed by atoms with van der Waals surface area (Å²) in [6.07, 6.45) is 1.44. The van der Waals surface area contributed by atoms with Crippen LogP contribution >= 0.6 is 11.6 Å². The Balaban J connectivity index is 1.74. The van der Waals surface area contributed by atoms with E-state index >= 15 is 0 Å². The molecule has 31 heavy (non-hydrogen) atoms. The molecule has 1 heterocycles. The Kier molecular flexibility index (Phi) is 7.15. The lowest BCUT2D eigenvalue weighted by Gasteiger charge is -2.32. The van der Waals surface area contributed by atoms with Gasteiger partial charge in [-0.25, -0.2) is 4.79 Å². The van der Waals surface area contributed by atoms with Crippen molar-refractivity contribution in [2.75, 3.05) is 6.54 Å². The van der Waals surface area contributed by atoms with Gasteiger partial charge in [-0.2, -0.15) is 0 Å². The molecular formula is C24H29BClNO4. The topological polar surface area (TPSA) is 56.8 Å². The minimum absolute atomic E-state index is 0.204. The molecule has 5 nitrogen and oxygen atoms in total. The number of amides is 1. The van der Waals surface area contributed by atoms with Gasteiger partial charge in [-0.15, -0.1) is 0 Å². The Morgan fingerprint density at radius 1 is 1.10 bits per heavy atom. The van der Waals surface area contributed by atoms with Gasteiger partial charge in [-0.3, -0.25) is 0 Å². The number of aryl methyl sites for hydroxylation is 1. The summed E-state index contributed by atoms with van der Waals surface area (Å²) in [5.41, 5.74) is 2.67. The Hall–Kier alpha value is -2.28. The molecule has 0 spiro atoms. The van der Waals surface area contributed by atoms with Crippen LogP contribution in [0.3, 0.4) is 0 Å². The SMILES string of the molecule is Cc1cc(Cl)cc(C=C(CNC(=O)OCc2ccccc2)B2OC(C)(C)C(C)(C)O2)c1. The first-order valence-electron chi connectivity index (χ1n) is 10.3. The molecule has 0 saturated carbocycles. The predicted octanol–water partition coefficient (Wildman–Crippen LogP) is 5.59. The van der Waals surface area contributed by atoms with Crippen molar-refractivity contribution in [3.05, 3.63) is 75.7 Å². The van der Waals surface area contributed by atoms with E-state index in [0.29, 0.717) is 5.02 Å². The third-order valence-corrected chi connectivity index (χ3v) is 5.84. The lowest BCUT2D eigenvalue weighted by atomic mass is 9.77. The van der Waals surface area contributed by atoms with Gasteiger partial charge in [-0.1, -0.05) is 54.1 Å². The number of benzene rings is 2. The van der Waals surface area contributed by atoms with Crippen molar-refractivity contribution in [2.24, 2.45) is 0 Å². The largest absolute Gasteiger partial charge is 0.492 e. The lowest BCUT2D eigenvalue weighted by molar-refractivity contribution is 0.00578.